The molecule has 0 bridgehead atoms. The van der Waals surface area contributed by atoms with Crippen LogP contribution in [0.15, 0.2) is 0 Å². The molecule has 2 aliphatic carbocycles. The van der Waals surface area contributed by atoms with E-state index in [1.54, 1.807) is 0 Å². The van der Waals surface area contributed by atoms with Crippen molar-refractivity contribution in [2.24, 2.45) is 5.92 Å². The summed E-state index contributed by atoms with van der Waals surface area (Å²) < 4.78 is 0. The van der Waals surface area contributed by atoms with Crippen LogP contribution in [0.4, 0.5) is 0 Å². The van der Waals surface area contributed by atoms with Gasteiger partial charge in [0, 0.05) is 6.04 Å². The van der Waals surface area contributed by atoms with E-state index in [2.05, 4.69) is 5.32 Å². The van der Waals surface area contributed by atoms with Gasteiger partial charge in [-0.15, -0.1) is 0 Å². The fourth-order valence-electron chi connectivity index (χ4n) is 1.79. The number of carbonyl (C=O) groups is 1. The van der Waals surface area contributed by atoms with E-state index in [1.165, 1.54) is 12.8 Å². The van der Waals surface area contributed by atoms with E-state index in [0.29, 0.717) is 12.0 Å². The lowest BCUT2D eigenvalue weighted by Gasteiger charge is -2.26. The molecule has 74 valence electrons. The Morgan fingerprint density at radius 3 is 2.46 bits per heavy atom. The van der Waals surface area contributed by atoms with Crippen LogP contribution in [0.25, 0.3) is 0 Å². The minimum absolute atomic E-state index is 0.472. The highest BCUT2D eigenvalue weighted by Crippen LogP contribution is 2.38. The van der Waals surface area contributed by atoms with E-state index >= 15 is 0 Å². The summed E-state index contributed by atoms with van der Waals surface area (Å²) >= 11 is 0. The molecule has 13 heavy (non-hydrogen) atoms. The van der Waals surface area contributed by atoms with E-state index in [0.717, 1.165) is 19.3 Å². The quantitative estimate of drug-likeness (QED) is 0.677. The zero-order valence-corrected chi connectivity index (χ0v) is 8.05. The first-order valence-electron chi connectivity index (χ1n) is 5.11. The minimum Gasteiger partial charge on any atom is -0.480 e. The molecule has 2 fully saturated rings. The van der Waals surface area contributed by atoms with Crippen LogP contribution in [0.2, 0.25) is 0 Å². The molecule has 0 amide bonds. The van der Waals surface area contributed by atoms with Gasteiger partial charge in [0.1, 0.15) is 5.54 Å². The third-order valence-corrected chi connectivity index (χ3v) is 2.97. The average Bonchev–Trinajstić information content (AvgIpc) is 2.83. The molecule has 0 heterocycles. The topological polar surface area (TPSA) is 49.3 Å². The lowest BCUT2D eigenvalue weighted by atomic mass is 9.95. The van der Waals surface area contributed by atoms with E-state index in [4.69, 9.17) is 5.11 Å². The van der Waals surface area contributed by atoms with Gasteiger partial charge in [-0.1, -0.05) is 12.8 Å². The molecular weight excluding hydrogens is 166 g/mol. The van der Waals surface area contributed by atoms with Gasteiger partial charge in [0.25, 0.3) is 0 Å². The minimum atomic E-state index is -0.689. The van der Waals surface area contributed by atoms with E-state index in [-0.39, 0.29) is 0 Å². The Bertz CT molecular complexity index is 205. The van der Waals surface area contributed by atoms with Crippen LogP contribution < -0.4 is 5.32 Å². The molecule has 0 aromatic rings. The van der Waals surface area contributed by atoms with Gasteiger partial charge in [-0.2, -0.15) is 0 Å². The summed E-state index contributed by atoms with van der Waals surface area (Å²) in [5, 5.41) is 12.4. The predicted molar refractivity (Wildman–Crippen MR) is 49.5 cm³/mol. The smallest absolute Gasteiger partial charge is 0.323 e. The molecule has 2 N–H and O–H groups in total. The van der Waals surface area contributed by atoms with Crippen LogP contribution in [0.3, 0.4) is 0 Å². The Hall–Kier alpha value is -0.570. The molecule has 1 unspecified atom stereocenters. The van der Waals surface area contributed by atoms with Crippen molar-refractivity contribution in [1.29, 1.82) is 0 Å². The highest BCUT2D eigenvalue weighted by molar-refractivity contribution is 5.78. The van der Waals surface area contributed by atoms with Crippen LogP contribution in [0.5, 0.6) is 0 Å². The van der Waals surface area contributed by atoms with Gasteiger partial charge in [0.05, 0.1) is 0 Å². The van der Waals surface area contributed by atoms with Gasteiger partial charge < -0.3 is 5.11 Å². The van der Waals surface area contributed by atoms with Gasteiger partial charge in [-0.3, -0.25) is 10.1 Å². The largest absolute Gasteiger partial charge is 0.480 e. The zero-order valence-electron chi connectivity index (χ0n) is 8.05. The van der Waals surface area contributed by atoms with Crippen LogP contribution in [-0.2, 0) is 4.79 Å². The maximum Gasteiger partial charge on any atom is 0.323 e. The van der Waals surface area contributed by atoms with Crippen LogP contribution in [0.1, 0.15) is 39.0 Å². The van der Waals surface area contributed by atoms with Gasteiger partial charge in [0.2, 0.25) is 0 Å². The lowest BCUT2D eigenvalue weighted by molar-refractivity contribution is -0.144. The molecule has 2 saturated carbocycles. The number of nitrogens with one attached hydrogen (secondary N) is 1. The van der Waals surface area contributed by atoms with Gasteiger partial charge in [0.15, 0.2) is 0 Å². The summed E-state index contributed by atoms with van der Waals surface area (Å²) in [6.45, 7) is 1.83. The first-order chi connectivity index (χ1) is 6.10. The van der Waals surface area contributed by atoms with E-state index in [9.17, 15) is 4.79 Å². The molecule has 0 spiro atoms. The third-order valence-electron chi connectivity index (χ3n) is 2.97. The van der Waals surface area contributed by atoms with Crippen molar-refractivity contribution in [2.45, 2.75) is 50.6 Å². The summed E-state index contributed by atoms with van der Waals surface area (Å²) in [7, 11) is 0. The number of carboxylic acids is 1. The van der Waals surface area contributed by atoms with Crippen molar-refractivity contribution in [3.63, 3.8) is 0 Å². The predicted octanol–water partition coefficient (Wildman–Crippen LogP) is 1.38. The van der Waals surface area contributed by atoms with Crippen LogP contribution in [-0.4, -0.2) is 22.7 Å². The Morgan fingerprint density at radius 2 is 2.08 bits per heavy atom. The molecule has 2 rings (SSSR count). The second-order valence-corrected chi connectivity index (χ2v) is 4.70. The van der Waals surface area contributed by atoms with Crippen molar-refractivity contribution in [3.05, 3.63) is 0 Å². The summed E-state index contributed by atoms with van der Waals surface area (Å²) in [6.07, 6.45) is 5.53. The molecule has 0 radical (unpaired) electrons. The summed E-state index contributed by atoms with van der Waals surface area (Å²) in [5.74, 6) is -0.0290. The molecule has 0 aromatic heterocycles. The molecule has 1 atom stereocenters. The van der Waals surface area contributed by atoms with Gasteiger partial charge >= 0.3 is 5.97 Å². The molecule has 0 saturated heterocycles. The van der Waals surface area contributed by atoms with E-state index < -0.39 is 11.5 Å². The van der Waals surface area contributed by atoms with Crippen molar-refractivity contribution in [3.8, 4) is 0 Å². The maximum atomic E-state index is 11.1. The Morgan fingerprint density at radius 1 is 1.46 bits per heavy atom. The number of carboxylic acid groups (broad SMARTS) is 1. The second-order valence-electron chi connectivity index (χ2n) is 4.70. The van der Waals surface area contributed by atoms with Crippen LogP contribution in [0, 0.1) is 5.92 Å². The van der Waals surface area contributed by atoms with Crippen molar-refractivity contribution >= 4 is 5.97 Å². The number of hydrogen-bond acceptors (Lipinski definition) is 2. The highest BCUT2D eigenvalue weighted by Gasteiger charge is 2.42. The number of hydrogen-bond donors (Lipinski definition) is 2. The van der Waals surface area contributed by atoms with Crippen LogP contribution >= 0.6 is 0 Å². The highest BCUT2D eigenvalue weighted by atomic mass is 16.4. The number of rotatable bonds is 5. The first-order valence-corrected chi connectivity index (χ1v) is 5.11. The maximum absolute atomic E-state index is 11.1. The second kappa shape index (κ2) is 2.98. The summed E-state index contributed by atoms with van der Waals surface area (Å²) in [5.41, 5.74) is -0.664. The van der Waals surface area contributed by atoms with Crippen molar-refractivity contribution in [1.82, 2.24) is 5.32 Å². The Kier molecular flexibility index (Phi) is 2.06. The monoisotopic (exact) mass is 183 g/mol. The van der Waals surface area contributed by atoms with Gasteiger partial charge in [-0.25, -0.2) is 0 Å². The van der Waals surface area contributed by atoms with Gasteiger partial charge in [-0.05, 0) is 32.1 Å². The normalized spacial score (nSPS) is 26.8. The Labute approximate surface area is 78.5 Å². The van der Waals surface area contributed by atoms with Crippen molar-refractivity contribution in [2.75, 3.05) is 0 Å². The van der Waals surface area contributed by atoms with E-state index in [1.807, 2.05) is 6.92 Å². The Balaban J connectivity index is 1.93. The molecule has 0 aliphatic heterocycles. The zero-order chi connectivity index (χ0) is 9.47. The summed E-state index contributed by atoms with van der Waals surface area (Å²) in [4.78, 5) is 11.1. The molecule has 3 heteroatoms. The fourth-order valence-corrected chi connectivity index (χ4v) is 1.79. The molecular formula is C10H17NO2. The first kappa shape index (κ1) is 9.00. The molecule has 3 nitrogen and oxygen atoms in total. The SMILES string of the molecule is CC(CC1CC1)(NC1CC1)C(=O)O. The average molecular weight is 183 g/mol. The molecule has 0 aromatic carbocycles. The third kappa shape index (κ3) is 2.21. The van der Waals surface area contributed by atoms with Crippen molar-refractivity contribution < 1.29 is 9.90 Å². The fraction of sp³-hybridized carbons (Fsp3) is 0.900. The number of aliphatic carboxylic acids is 1. The molecule has 2 aliphatic rings. The summed E-state index contributed by atoms with van der Waals surface area (Å²) in [6, 6.07) is 0.472. The standard InChI is InChI=1S/C10H17NO2/c1-10(9(12)13,6-7-2-3-7)11-8-4-5-8/h7-8,11H,2-6H2,1H3,(H,12,13). The lowest BCUT2D eigenvalue weighted by Crippen LogP contribution is -2.50.